The third kappa shape index (κ3) is 1.65. The van der Waals surface area contributed by atoms with Gasteiger partial charge in [-0.2, -0.15) is 0 Å². The summed E-state index contributed by atoms with van der Waals surface area (Å²) in [6.07, 6.45) is 1.85. The molecular formula is C9H14N2O3. The van der Waals surface area contributed by atoms with E-state index in [1.807, 2.05) is 0 Å². The van der Waals surface area contributed by atoms with E-state index in [2.05, 4.69) is 5.32 Å². The van der Waals surface area contributed by atoms with Gasteiger partial charge in [-0.3, -0.25) is 19.8 Å². The van der Waals surface area contributed by atoms with E-state index < -0.39 is 0 Å². The normalized spacial score (nSPS) is 34.6. The van der Waals surface area contributed by atoms with E-state index in [-0.39, 0.29) is 30.5 Å². The quantitative estimate of drug-likeness (QED) is 0.556. The van der Waals surface area contributed by atoms with E-state index in [0.29, 0.717) is 0 Å². The monoisotopic (exact) mass is 198 g/mol. The molecule has 0 aliphatic carbocycles. The van der Waals surface area contributed by atoms with Gasteiger partial charge in [0.1, 0.15) is 6.04 Å². The highest BCUT2D eigenvalue weighted by atomic mass is 16.5. The van der Waals surface area contributed by atoms with Crippen LogP contribution in [0.4, 0.5) is 0 Å². The molecule has 0 saturated carbocycles. The van der Waals surface area contributed by atoms with Crippen molar-refractivity contribution in [2.75, 3.05) is 20.2 Å². The molecule has 2 saturated heterocycles. The Kier molecular flexibility index (Phi) is 2.52. The molecule has 2 amide bonds. The number of imide groups is 1. The Labute approximate surface area is 82.4 Å². The van der Waals surface area contributed by atoms with Crippen molar-refractivity contribution in [2.24, 2.45) is 0 Å². The number of carbonyl (C=O) groups excluding carboxylic acids is 2. The van der Waals surface area contributed by atoms with E-state index in [9.17, 15) is 9.59 Å². The second kappa shape index (κ2) is 3.67. The second-order valence-corrected chi connectivity index (χ2v) is 3.82. The topological polar surface area (TPSA) is 58.6 Å². The zero-order valence-electron chi connectivity index (χ0n) is 8.16. The van der Waals surface area contributed by atoms with E-state index in [1.54, 1.807) is 11.9 Å². The maximum absolute atomic E-state index is 11.5. The Bertz CT molecular complexity index is 261. The number of carbonyl (C=O) groups is 2. The van der Waals surface area contributed by atoms with Crippen molar-refractivity contribution in [3.8, 4) is 0 Å². The zero-order valence-corrected chi connectivity index (χ0v) is 8.16. The maximum atomic E-state index is 11.5. The number of piperazine rings is 1. The van der Waals surface area contributed by atoms with Gasteiger partial charge < -0.3 is 4.74 Å². The lowest BCUT2D eigenvalue weighted by Gasteiger charge is -2.33. The first-order valence-electron chi connectivity index (χ1n) is 4.84. The fourth-order valence-electron chi connectivity index (χ4n) is 2.08. The summed E-state index contributed by atoms with van der Waals surface area (Å²) < 4.78 is 5.45. The molecule has 2 unspecified atom stereocenters. The Balaban J connectivity index is 2.08. The van der Waals surface area contributed by atoms with Gasteiger partial charge in [0.25, 0.3) is 0 Å². The summed E-state index contributed by atoms with van der Waals surface area (Å²) in [5.41, 5.74) is 0. The molecule has 78 valence electrons. The number of nitrogens with zero attached hydrogens (tertiary/aromatic N) is 1. The van der Waals surface area contributed by atoms with Gasteiger partial charge in [0, 0.05) is 6.61 Å². The number of nitrogens with one attached hydrogen (secondary N) is 1. The van der Waals surface area contributed by atoms with Crippen LogP contribution in [0.1, 0.15) is 12.8 Å². The van der Waals surface area contributed by atoms with Crippen LogP contribution in [0.25, 0.3) is 0 Å². The maximum Gasteiger partial charge on any atom is 0.246 e. The Morgan fingerprint density at radius 3 is 2.86 bits per heavy atom. The lowest BCUT2D eigenvalue weighted by molar-refractivity contribution is -0.143. The van der Waals surface area contributed by atoms with Crippen molar-refractivity contribution in [1.29, 1.82) is 0 Å². The molecule has 0 radical (unpaired) electrons. The van der Waals surface area contributed by atoms with Gasteiger partial charge in [-0.25, -0.2) is 0 Å². The first-order valence-corrected chi connectivity index (χ1v) is 4.84. The van der Waals surface area contributed by atoms with Gasteiger partial charge in [-0.15, -0.1) is 0 Å². The molecule has 0 aromatic carbocycles. The smallest absolute Gasteiger partial charge is 0.246 e. The minimum Gasteiger partial charge on any atom is -0.376 e. The summed E-state index contributed by atoms with van der Waals surface area (Å²) in [7, 11) is 1.78. The average molecular weight is 198 g/mol. The van der Waals surface area contributed by atoms with Gasteiger partial charge in [0.15, 0.2) is 0 Å². The summed E-state index contributed by atoms with van der Waals surface area (Å²) in [4.78, 5) is 24.3. The van der Waals surface area contributed by atoms with E-state index in [1.165, 1.54) is 0 Å². The molecule has 2 aliphatic heterocycles. The van der Waals surface area contributed by atoms with Crippen LogP contribution in [0.5, 0.6) is 0 Å². The molecule has 2 rings (SSSR count). The number of rotatable bonds is 1. The molecule has 0 spiro atoms. The predicted octanol–water partition coefficient (Wildman–Crippen LogP) is -0.878. The van der Waals surface area contributed by atoms with Gasteiger partial charge in [0.2, 0.25) is 11.8 Å². The summed E-state index contributed by atoms with van der Waals surface area (Å²) in [5, 5.41) is 2.34. The number of ether oxygens (including phenoxy) is 1. The molecule has 2 fully saturated rings. The van der Waals surface area contributed by atoms with E-state index in [0.717, 1.165) is 19.4 Å². The average Bonchev–Trinajstić information content (AvgIpc) is 2.54. The minimum atomic E-state index is -0.296. The number of hydrogen-bond donors (Lipinski definition) is 1. The van der Waals surface area contributed by atoms with Crippen LogP contribution in [-0.4, -0.2) is 49.1 Å². The third-order valence-corrected chi connectivity index (χ3v) is 2.72. The first kappa shape index (κ1) is 9.61. The van der Waals surface area contributed by atoms with Crippen molar-refractivity contribution in [3.63, 3.8) is 0 Å². The van der Waals surface area contributed by atoms with Crippen molar-refractivity contribution in [1.82, 2.24) is 10.2 Å². The minimum absolute atomic E-state index is 0.0481. The lowest BCUT2D eigenvalue weighted by Crippen LogP contribution is -2.60. The highest BCUT2D eigenvalue weighted by Crippen LogP contribution is 2.20. The highest BCUT2D eigenvalue weighted by molar-refractivity contribution is 6.01. The predicted molar refractivity (Wildman–Crippen MR) is 48.5 cm³/mol. The fraction of sp³-hybridized carbons (Fsp3) is 0.778. The van der Waals surface area contributed by atoms with Crippen LogP contribution in [0, 0.1) is 0 Å². The third-order valence-electron chi connectivity index (χ3n) is 2.72. The molecule has 2 aliphatic rings. The first-order chi connectivity index (χ1) is 6.68. The molecular weight excluding hydrogens is 184 g/mol. The summed E-state index contributed by atoms with van der Waals surface area (Å²) >= 11 is 0. The molecule has 0 aromatic rings. The molecule has 5 nitrogen and oxygen atoms in total. The summed E-state index contributed by atoms with van der Waals surface area (Å²) in [6.45, 7) is 0.993. The van der Waals surface area contributed by atoms with Crippen molar-refractivity contribution >= 4 is 11.8 Å². The zero-order chi connectivity index (χ0) is 10.1. The molecule has 0 aromatic heterocycles. The Hall–Kier alpha value is -0.940. The van der Waals surface area contributed by atoms with Crippen LogP contribution >= 0.6 is 0 Å². The molecule has 0 bridgehead atoms. The highest BCUT2D eigenvalue weighted by Gasteiger charge is 2.39. The summed E-state index contributed by atoms with van der Waals surface area (Å²) in [5.74, 6) is -0.456. The molecule has 1 N–H and O–H groups in total. The molecule has 5 heteroatoms. The largest absolute Gasteiger partial charge is 0.376 e. The Morgan fingerprint density at radius 2 is 2.29 bits per heavy atom. The number of likely N-dealkylation sites (N-methyl/N-ethyl adjacent to an activating group) is 1. The van der Waals surface area contributed by atoms with Crippen LogP contribution in [-0.2, 0) is 14.3 Å². The van der Waals surface area contributed by atoms with Crippen LogP contribution in [0.15, 0.2) is 0 Å². The van der Waals surface area contributed by atoms with Crippen molar-refractivity contribution in [3.05, 3.63) is 0 Å². The lowest BCUT2D eigenvalue weighted by atomic mass is 10.0. The van der Waals surface area contributed by atoms with Gasteiger partial charge in [-0.05, 0) is 19.9 Å². The molecule has 14 heavy (non-hydrogen) atoms. The fourth-order valence-corrected chi connectivity index (χ4v) is 2.08. The van der Waals surface area contributed by atoms with Gasteiger partial charge >= 0.3 is 0 Å². The van der Waals surface area contributed by atoms with Crippen molar-refractivity contribution in [2.45, 2.75) is 25.0 Å². The Morgan fingerprint density at radius 1 is 1.50 bits per heavy atom. The van der Waals surface area contributed by atoms with Crippen LogP contribution < -0.4 is 5.32 Å². The SMILES string of the molecule is CN1CC(=O)NC(=O)C1C1CCCO1. The number of amides is 2. The standard InChI is InChI=1S/C9H14N2O3/c1-11-5-7(12)10-9(13)8(11)6-3-2-4-14-6/h6,8H,2-5H2,1H3,(H,10,12,13). The van der Waals surface area contributed by atoms with Crippen molar-refractivity contribution < 1.29 is 14.3 Å². The molecule has 2 heterocycles. The molecule has 2 atom stereocenters. The number of hydrogen-bond acceptors (Lipinski definition) is 4. The van der Waals surface area contributed by atoms with Gasteiger partial charge in [-0.1, -0.05) is 0 Å². The van der Waals surface area contributed by atoms with E-state index >= 15 is 0 Å². The van der Waals surface area contributed by atoms with E-state index in [4.69, 9.17) is 4.74 Å². The second-order valence-electron chi connectivity index (χ2n) is 3.82. The van der Waals surface area contributed by atoms with Crippen LogP contribution in [0.3, 0.4) is 0 Å². The van der Waals surface area contributed by atoms with Crippen LogP contribution in [0.2, 0.25) is 0 Å². The summed E-state index contributed by atoms with van der Waals surface area (Å²) in [6, 6.07) is -0.296. The van der Waals surface area contributed by atoms with Gasteiger partial charge in [0.05, 0.1) is 12.6 Å².